The van der Waals surface area contributed by atoms with Crippen LogP contribution in [0.5, 0.6) is 0 Å². The van der Waals surface area contributed by atoms with E-state index in [4.69, 9.17) is 5.11 Å². The van der Waals surface area contributed by atoms with Gasteiger partial charge in [0.1, 0.15) is 6.04 Å². The zero-order valence-electron chi connectivity index (χ0n) is 12.3. The molecule has 2 amide bonds. The van der Waals surface area contributed by atoms with Crippen molar-refractivity contribution in [1.82, 2.24) is 10.6 Å². The number of carbonyl (C=O) groups is 2. The van der Waals surface area contributed by atoms with Crippen molar-refractivity contribution in [3.63, 3.8) is 0 Å². The van der Waals surface area contributed by atoms with Gasteiger partial charge in [-0.2, -0.15) is 0 Å². The van der Waals surface area contributed by atoms with E-state index in [-0.39, 0.29) is 17.9 Å². The Morgan fingerprint density at radius 2 is 1.60 bits per heavy atom. The fourth-order valence-electron chi connectivity index (χ4n) is 1.91. The summed E-state index contributed by atoms with van der Waals surface area (Å²) in [6.45, 7) is 7.48. The van der Waals surface area contributed by atoms with Gasteiger partial charge in [-0.1, -0.05) is 43.7 Å². The number of amides is 2. The van der Waals surface area contributed by atoms with Gasteiger partial charge in [-0.15, -0.1) is 0 Å². The fourth-order valence-corrected chi connectivity index (χ4v) is 1.91. The Bertz CT molecular complexity index is 469. The van der Waals surface area contributed by atoms with Crippen LogP contribution in [0.25, 0.3) is 0 Å². The van der Waals surface area contributed by atoms with Crippen LogP contribution in [0.15, 0.2) is 24.3 Å². The summed E-state index contributed by atoms with van der Waals surface area (Å²) in [5.41, 5.74) is 2.14. The summed E-state index contributed by atoms with van der Waals surface area (Å²) in [6.07, 6.45) is -1.19. The molecule has 1 aromatic carbocycles. The third kappa shape index (κ3) is 4.57. The number of hydrogen-bond donors (Lipinski definition) is 3. The molecular weight excluding hydrogens is 256 g/mol. The molecule has 2 atom stereocenters. The Balaban J connectivity index is 2.72. The molecule has 0 bridgehead atoms. The monoisotopic (exact) mass is 278 g/mol. The minimum Gasteiger partial charge on any atom is -0.465 e. The average Bonchev–Trinajstić information content (AvgIpc) is 2.35. The third-order valence-corrected chi connectivity index (χ3v) is 3.16. The largest absolute Gasteiger partial charge is 0.465 e. The van der Waals surface area contributed by atoms with Crippen LogP contribution in [0.3, 0.4) is 0 Å². The molecule has 0 aliphatic carbocycles. The van der Waals surface area contributed by atoms with E-state index in [2.05, 4.69) is 10.6 Å². The highest BCUT2D eigenvalue weighted by molar-refractivity contribution is 5.85. The molecular formula is C15H22N2O3. The lowest BCUT2D eigenvalue weighted by molar-refractivity contribution is -0.124. The minimum atomic E-state index is -1.19. The van der Waals surface area contributed by atoms with Crippen LogP contribution in [0.1, 0.15) is 37.9 Å². The number of rotatable bonds is 5. The molecule has 1 rings (SSSR count). The lowest BCUT2D eigenvalue weighted by Crippen LogP contribution is -2.49. The number of carboxylic acid groups (broad SMARTS) is 1. The van der Waals surface area contributed by atoms with E-state index in [0.29, 0.717) is 0 Å². The maximum Gasteiger partial charge on any atom is 0.405 e. The van der Waals surface area contributed by atoms with Crippen molar-refractivity contribution in [2.75, 3.05) is 0 Å². The molecule has 0 aromatic heterocycles. The van der Waals surface area contributed by atoms with E-state index in [0.717, 1.165) is 11.1 Å². The van der Waals surface area contributed by atoms with Crippen LogP contribution in [-0.2, 0) is 4.79 Å². The van der Waals surface area contributed by atoms with E-state index >= 15 is 0 Å². The van der Waals surface area contributed by atoms with Crippen molar-refractivity contribution in [3.05, 3.63) is 35.4 Å². The topological polar surface area (TPSA) is 78.4 Å². The second kappa shape index (κ2) is 6.93. The summed E-state index contributed by atoms with van der Waals surface area (Å²) >= 11 is 0. The summed E-state index contributed by atoms with van der Waals surface area (Å²) in [6, 6.07) is 6.95. The van der Waals surface area contributed by atoms with E-state index in [9.17, 15) is 9.59 Å². The van der Waals surface area contributed by atoms with Gasteiger partial charge < -0.3 is 15.7 Å². The molecule has 5 nitrogen and oxygen atoms in total. The number of aryl methyl sites for hydroxylation is 1. The van der Waals surface area contributed by atoms with Gasteiger partial charge in [-0.25, -0.2) is 4.79 Å². The Kier molecular flexibility index (Phi) is 5.55. The number of carbonyl (C=O) groups excluding carboxylic acids is 1. The fraction of sp³-hybridized carbons (Fsp3) is 0.467. The lowest BCUT2D eigenvalue weighted by Gasteiger charge is -2.23. The van der Waals surface area contributed by atoms with Crippen molar-refractivity contribution in [2.45, 2.75) is 39.8 Å². The molecule has 20 heavy (non-hydrogen) atoms. The second-order valence-corrected chi connectivity index (χ2v) is 5.31. The molecule has 1 aromatic rings. The first-order valence-electron chi connectivity index (χ1n) is 6.67. The van der Waals surface area contributed by atoms with Crippen molar-refractivity contribution in [3.8, 4) is 0 Å². The third-order valence-electron chi connectivity index (χ3n) is 3.16. The molecule has 0 aliphatic rings. The van der Waals surface area contributed by atoms with Gasteiger partial charge in [0.25, 0.3) is 0 Å². The average molecular weight is 278 g/mol. The van der Waals surface area contributed by atoms with Crippen molar-refractivity contribution in [2.24, 2.45) is 5.92 Å². The van der Waals surface area contributed by atoms with Crippen LogP contribution < -0.4 is 10.6 Å². The first-order valence-corrected chi connectivity index (χ1v) is 6.67. The molecule has 5 heteroatoms. The summed E-state index contributed by atoms with van der Waals surface area (Å²) in [7, 11) is 0. The smallest absolute Gasteiger partial charge is 0.405 e. The first kappa shape index (κ1) is 16.0. The van der Waals surface area contributed by atoms with Gasteiger partial charge in [0.2, 0.25) is 5.91 Å². The standard InChI is InChI=1S/C15H22N2O3/c1-9(2)13(17-15(19)20)14(18)16-11(4)12-7-5-10(3)6-8-12/h5-9,11,13,17H,1-4H3,(H,16,18)(H,19,20). The Morgan fingerprint density at radius 1 is 1.05 bits per heavy atom. The Labute approximate surface area is 119 Å². The van der Waals surface area contributed by atoms with Crippen LogP contribution in [0.2, 0.25) is 0 Å². The van der Waals surface area contributed by atoms with Crippen LogP contribution >= 0.6 is 0 Å². The molecule has 0 radical (unpaired) electrons. The van der Waals surface area contributed by atoms with E-state index in [1.807, 2.05) is 38.1 Å². The number of hydrogen-bond acceptors (Lipinski definition) is 2. The quantitative estimate of drug-likeness (QED) is 0.774. The Morgan fingerprint density at radius 3 is 2.05 bits per heavy atom. The summed E-state index contributed by atoms with van der Waals surface area (Å²) < 4.78 is 0. The minimum absolute atomic E-state index is 0.115. The van der Waals surface area contributed by atoms with Gasteiger partial charge >= 0.3 is 6.09 Å². The second-order valence-electron chi connectivity index (χ2n) is 5.31. The zero-order valence-corrected chi connectivity index (χ0v) is 12.3. The summed E-state index contributed by atoms with van der Waals surface area (Å²) in [4.78, 5) is 22.9. The molecule has 0 saturated carbocycles. The summed E-state index contributed by atoms with van der Waals surface area (Å²) in [5.74, 6) is -0.424. The predicted molar refractivity (Wildman–Crippen MR) is 77.5 cm³/mol. The van der Waals surface area contributed by atoms with Crippen molar-refractivity contribution >= 4 is 12.0 Å². The normalized spacial score (nSPS) is 13.7. The highest BCUT2D eigenvalue weighted by Gasteiger charge is 2.25. The molecule has 3 N–H and O–H groups in total. The molecule has 0 aliphatic heterocycles. The van der Waals surface area contributed by atoms with Gasteiger partial charge in [0.05, 0.1) is 6.04 Å². The SMILES string of the molecule is Cc1ccc(C(C)NC(=O)C(NC(=O)O)C(C)C)cc1. The predicted octanol–water partition coefficient (Wildman–Crippen LogP) is 2.46. The highest BCUT2D eigenvalue weighted by Crippen LogP contribution is 2.14. The van der Waals surface area contributed by atoms with Gasteiger partial charge in [-0.3, -0.25) is 4.79 Å². The number of nitrogens with one attached hydrogen (secondary N) is 2. The maximum atomic E-state index is 12.1. The van der Waals surface area contributed by atoms with Gasteiger partial charge in [-0.05, 0) is 25.3 Å². The molecule has 0 heterocycles. The molecule has 110 valence electrons. The summed E-state index contributed by atoms with van der Waals surface area (Å²) in [5, 5.41) is 13.9. The van der Waals surface area contributed by atoms with E-state index in [1.165, 1.54) is 0 Å². The maximum absolute atomic E-state index is 12.1. The number of benzene rings is 1. The van der Waals surface area contributed by atoms with E-state index < -0.39 is 12.1 Å². The lowest BCUT2D eigenvalue weighted by atomic mass is 10.0. The van der Waals surface area contributed by atoms with Crippen molar-refractivity contribution < 1.29 is 14.7 Å². The zero-order chi connectivity index (χ0) is 15.3. The van der Waals surface area contributed by atoms with Crippen molar-refractivity contribution in [1.29, 1.82) is 0 Å². The molecule has 2 unspecified atom stereocenters. The molecule has 0 spiro atoms. The van der Waals surface area contributed by atoms with Crippen LogP contribution in [0, 0.1) is 12.8 Å². The first-order chi connectivity index (χ1) is 9.31. The molecule has 0 saturated heterocycles. The van der Waals surface area contributed by atoms with Crippen LogP contribution in [0.4, 0.5) is 4.79 Å². The Hall–Kier alpha value is -2.04. The van der Waals surface area contributed by atoms with Gasteiger partial charge in [0, 0.05) is 0 Å². The molecule has 0 fully saturated rings. The van der Waals surface area contributed by atoms with Crippen LogP contribution in [-0.4, -0.2) is 23.1 Å². The van der Waals surface area contributed by atoms with E-state index in [1.54, 1.807) is 13.8 Å². The van der Waals surface area contributed by atoms with Gasteiger partial charge in [0.15, 0.2) is 0 Å². The highest BCUT2D eigenvalue weighted by atomic mass is 16.4.